The Balaban J connectivity index is 2.58. The summed E-state index contributed by atoms with van der Waals surface area (Å²) in [5.41, 5.74) is 0.700. The minimum absolute atomic E-state index is 0.00996. The van der Waals surface area contributed by atoms with Gasteiger partial charge in [0.05, 0.1) is 12.1 Å². The van der Waals surface area contributed by atoms with Crippen LogP contribution in [0.4, 0.5) is 5.69 Å². The van der Waals surface area contributed by atoms with Gasteiger partial charge in [0, 0.05) is 18.5 Å². The van der Waals surface area contributed by atoms with Gasteiger partial charge in [0.25, 0.3) is 0 Å². The van der Waals surface area contributed by atoms with E-state index in [1.54, 1.807) is 19.2 Å². The van der Waals surface area contributed by atoms with Crippen LogP contribution in [-0.2, 0) is 13.9 Å². The molecule has 10 heteroatoms. The van der Waals surface area contributed by atoms with Crippen molar-refractivity contribution in [2.24, 2.45) is 0 Å². The molecule has 0 aliphatic heterocycles. The molecule has 9 nitrogen and oxygen atoms in total. The molecule has 1 amide bonds. The summed E-state index contributed by atoms with van der Waals surface area (Å²) in [5, 5.41) is 5.58. The normalized spacial score (nSPS) is 12.4. The van der Waals surface area contributed by atoms with Gasteiger partial charge in [-0.25, -0.2) is 9.09 Å². The van der Waals surface area contributed by atoms with Crippen molar-refractivity contribution >= 4 is 25.2 Å². The number of rotatable bonds is 22. The first-order chi connectivity index (χ1) is 17.7. The second kappa shape index (κ2) is 19.3. The number of phosphoric ester groups is 1. The Morgan fingerprint density at radius 1 is 0.892 bits per heavy atom. The largest absolute Gasteiger partial charge is 0.472 e. The molecule has 1 aromatic rings. The fraction of sp³-hybridized carbons (Fsp3) is 0.704. The van der Waals surface area contributed by atoms with Gasteiger partial charge >= 0.3 is 7.82 Å². The van der Waals surface area contributed by atoms with Crippen molar-refractivity contribution in [1.29, 1.82) is 0 Å². The second-order valence-corrected chi connectivity index (χ2v) is 10.6. The zero-order chi connectivity index (χ0) is 27.5. The highest BCUT2D eigenvalue weighted by atomic mass is 31.2. The molecular formula is C27H47N2O7P. The molecule has 0 radical (unpaired) electrons. The molecule has 1 atom stereocenters. The quantitative estimate of drug-likeness (QED) is 0.0577. The maximum Gasteiger partial charge on any atom is 0.472 e. The van der Waals surface area contributed by atoms with Crippen LogP contribution < -0.4 is 15.4 Å². The molecule has 0 fully saturated rings. The zero-order valence-corrected chi connectivity index (χ0v) is 23.7. The number of likely N-dealkylation sites (N-methyl/N-ethyl adjacent to an activating group) is 1. The predicted octanol–water partition coefficient (Wildman–Crippen LogP) is 6.34. The Labute approximate surface area is 222 Å². The molecule has 1 rings (SSSR count). The lowest BCUT2D eigenvalue weighted by molar-refractivity contribution is -0.116. The summed E-state index contributed by atoms with van der Waals surface area (Å²) in [4.78, 5) is 43.4. The summed E-state index contributed by atoms with van der Waals surface area (Å²) >= 11 is 0. The van der Waals surface area contributed by atoms with Crippen LogP contribution in [-0.4, -0.2) is 41.4 Å². The smallest absolute Gasteiger partial charge is 0.462 e. The van der Waals surface area contributed by atoms with Crippen molar-refractivity contribution in [1.82, 2.24) is 5.32 Å². The van der Waals surface area contributed by atoms with Gasteiger partial charge in [-0.15, -0.1) is 0 Å². The number of carbonyl (C=O) groups is 2. The Morgan fingerprint density at radius 2 is 1.49 bits per heavy atom. The topological polar surface area (TPSA) is 134 Å². The second-order valence-electron chi connectivity index (χ2n) is 9.42. The Hall–Kier alpha value is -1.77. The summed E-state index contributed by atoms with van der Waals surface area (Å²) in [7, 11) is -3.22. The van der Waals surface area contributed by atoms with Crippen LogP contribution in [0.15, 0.2) is 18.2 Å². The van der Waals surface area contributed by atoms with E-state index < -0.39 is 14.1 Å². The van der Waals surface area contributed by atoms with Crippen molar-refractivity contribution in [3.05, 3.63) is 23.8 Å². The number of ether oxygens (including phenoxy) is 1. The first-order valence-electron chi connectivity index (χ1n) is 13.7. The van der Waals surface area contributed by atoms with Gasteiger partial charge in [0.15, 0.2) is 5.78 Å². The highest BCUT2D eigenvalue weighted by Gasteiger charge is 2.25. The number of amides is 1. The van der Waals surface area contributed by atoms with Crippen molar-refractivity contribution in [3.63, 3.8) is 0 Å². The summed E-state index contributed by atoms with van der Waals surface area (Å²) in [5.74, 6) is -0.176. The highest BCUT2D eigenvalue weighted by Crippen LogP contribution is 2.38. The van der Waals surface area contributed by atoms with E-state index in [9.17, 15) is 14.2 Å². The molecule has 0 aliphatic carbocycles. The van der Waals surface area contributed by atoms with Gasteiger partial charge in [0.2, 0.25) is 12.2 Å². The molecular weight excluding hydrogens is 495 g/mol. The van der Waals surface area contributed by atoms with E-state index in [1.165, 1.54) is 57.4 Å². The summed E-state index contributed by atoms with van der Waals surface area (Å²) in [6, 6.07) is 4.65. The van der Waals surface area contributed by atoms with Crippen LogP contribution in [0.25, 0.3) is 0 Å². The summed E-state index contributed by atoms with van der Waals surface area (Å²) < 4.78 is 21.6. The standard InChI is InChI=1S/C27H47N2O7P/c1-4-6-7-8-9-10-11-12-13-14-15-17-26(31)29-22-18-19-25(23(20-22)24(30)16-5-2)35-27(21-28-3)36-37(32,33)34/h18-20,27-28H,4-17,21H2,1-3H3,(H,29,31)(H2,32,33,34). The number of carbonyl (C=O) groups excluding carboxylic acids is 2. The van der Waals surface area contributed by atoms with Gasteiger partial charge in [-0.2, -0.15) is 0 Å². The molecule has 0 saturated heterocycles. The number of Topliss-reactive ketones (excluding diaryl/α,β-unsaturated/α-hetero) is 1. The van der Waals surface area contributed by atoms with E-state index in [0.29, 0.717) is 18.5 Å². The molecule has 4 N–H and O–H groups in total. The molecule has 1 unspecified atom stereocenters. The van der Waals surface area contributed by atoms with Crippen molar-refractivity contribution in [3.8, 4) is 5.75 Å². The number of unbranched alkanes of at least 4 members (excludes halogenated alkanes) is 10. The number of anilines is 1. The zero-order valence-electron chi connectivity index (χ0n) is 22.8. The van der Waals surface area contributed by atoms with E-state index in [-0.39, 0.29) is 36.0 Å². The van der Waals surface area contributed by atoms with Gasteiger partial charge in [-0.3, -0.25) is 9.59 Å². The fourth-order valence-corrected chi connectivity index (χ4v) is 4.45. The molecule has 0 bridgehead atoms. The average Bonchev–Trinajstić information content (AvgIpc) is 2.82. The lowest BCUT2D eigenvalue weighted by Gasteiger charge is -2.21. The third-order valence-electron chi connectivity index (χ3n) is 5.93. The molecule has 0 spiro atoms. The van der Waals surface area contributed by atoms with Gasteiger partial charge in [0.1, 0.15) is 5.75 Å². The van der Waals surface area contributed by atoms with E-state index >= 15 is 0 Å². The fourth-order valence-electron chi connectivity index (χ4n) is 4.03. The Kier molecular flexibility index (Phi) is 17.4. The molecule has 37 heavy (non-hydrogen) atoms. The average molecular weight is 543 g/mol. The number of phosphoric acid groups is 1. The van der Waals surface area contributed by atoms with Gasteiger partial charge in [-0.05, 0) is 38.1 Å². The lowest BCUT2D eigenvalue weighted by atomic mass is 10.0. The van der Waals surface area contributed by atoms with E-state index in [0.717, 1.165) is 19.3 Å². The maximum atomic E-state index is 12.7. The number of hydrogen-bond donors (Lipinski definition) is 4. The minimum Gasteiger partial charge on any atom is -0.462 e. The van der Waals surface area contributed by atoms with Crippen molar-refractivity contribution < 1.29 is 33.2 Å². The summed E-state index contributed by atoms with van der Waals surface area (Å²) in [6.07, 6.45) is 13.3. The van der Waals surface area contributed by atoms with Crippen molar-refractivity contribution in [2.45, 2.75) is 110 Å². The number of hydrogen-bond acceptors (Lipinski definition) is 6. The van der Waals surface area contributed by atoms with E-state index in [2.05, 4.69) is 22.1 Å². The number of benzene rings is 1. The lowest BCUT2D eigenvalue weighted by Crippen LogP contribution is -2.31. The molecule has 0 aromatic heterocycles. The van der Waals surface area contributed by atoms with Crippen LogP contribution in [0, 0.1) is 0 Å². The Morgan fingerprint density at radius 3 is 2.03 bits per heavy atom. The molecule has 0 heterocycles. The maximum absolute atomic E-state index is 12.7. The van der Waals surface area contributed by atoms with Gasteiger partial charge in [-0.1, -0.05) is 78.1 Å². The van der Waals surface area contributed by atoms with Gasteiger partial charge < -0.3 is 25.2 Å². The minimum atomic E-state index is -4.80. The molecule has 1 aromatic carbocycles. The monoisotopic (exact) mass is 542 g/mol. The highest BCUT2D eigenvalue weighted by molar-refractivity contribution is 7.46. The first-order valence-corrected chi connectivity index (χ1v) is 15.3. The Bertz CT molecular complexity index is 844. The molecule has 0 saturated carbocycles. The van der Waals surface area contributed by atoms with Crippen LogP contribution in [0.1, 0.15) is 114 Å². The van der Waals surface area contributed by atoms with Crippen LogP contribution in [0.3, 0.4) is 0 Å². The van der Waals surface area contributed by atoms with E-state index in [1.807, 2.05) is 6.92 Å². The SMILES string of the molecule is CCCCCCCCCCCCCC(=O)Nc1ccc(OC(CNC)OP(=O)(O)O)c(C(=O)CCC)c1. The first kappa shape index (κ1) is 33.3. The number of nitrogens with one attached hydrogen (secondary N) is 2. The predicted molar refractivity (Wildman–Crippen MR) is 147 cm³/mol. The van der Waals surface area contributed by atoms with Crippen LogP contribution in [0.5, 0.6) is 5.75 Å². The van der Waals surface area contributed by atoms with Crippen LogP contribution >= 0.6 is 7.82 Å². The number of ketones is 1. The summed E-state index contributed by atoms with van der Waals surface area (Å²) in [6.45, 7) is 4.09. The van der Waals surface area contributed by atoms with E-state index in [4.69, 9.17) is 14.5 Å². The third-order valence-corrected chi connectivity index (χ3v) is 6.44. The molecule has 0 aliphatic rings. The molecule has 212 valence electrons. The van der Waals surface area contributed by atoms with Crippen LogP contribution in [0.2, 0.25) is 0 Å². The third kappa shape index (κ3) is 15.9. The van der Waals surface area contributed by atoms with Crippen molar-refractivity contribution in [2.75, 3.05) is 18.9 Å².